The second-order valence-corrected chi connectivity index (χ2v) is 6.95. The highest BCUT2D eigenvalue weighted by Gasteiger charge is 2.19. The third kappa shape index (κ3) is 5.38. The Kier molecular flexibility index (Phi) is 6.36. The van der Waals surface area contributed by atoms with E-state index in [1.807, 2.05) is 13.0 Å². The molecule has 1 aliphatic rings. The molecule has 26 heavy (non-hydrogen) atoms. The highest BCUT2D eigenvalue weighted by molar-refractivity contribution is 5.94. The van der Waals surface area contributed by atoms with Crippen LogP contribution in [0.25, 0.3) is 0 Å². The molecule has 2 aromatic carbocycles. The Balaban J connectivity index is 1.42. The van der Waals surface area contributed by atoms with Crippen molar-refractivity contribution in [1.29, 1.82) is 0 Å². The van der Waals surface area contributed by atoms with E-state index in [0.717, 1.165) is 39.3 Å². The molecule has 138 valence electrons. The molecule has 0 spiro atoms. The van der Waals surface area contributed by atoms with E-state index in [1.54, 1.807) is 12.1 Å². The van der Waals surface area contributed by atoms with Crippen LogP contribution in [0, 0.1) is 5.82 Å². The summed E-state index contributed by atoms with van der Waals surface area (Å²) in [7, 11) is 0. The molecule has 5 heteroatoms. The van der Waals surface area contributed by atoms with Crippen molar-refractivity contribution in [1.82, 2.24) is 15.1 Å². The van der Waals surface area contributed by atoms with E-state index < -0.39 is 0 Å². The lowest BCUT2D eigenvalue weighted by Gasteiger charge is -2.36. The molecule has 1 atom stereocenters. The van der Waals surface area contributed by atoms with Gasteiger partial charge >= 0.3 is 0 Å². The number of benzene rings is 2. The number of hydrogen-bond donors (Lipinski definition) is 1. The van der Waals surface area contributed by atoms with E-state index >= 15 is 0 Å². The smallest absolute Gasteiger partial charge is 0.251 e. The predicted molar refractivity (Wildman–Crippen MR) is 101 cm³/mol. The molecule has 0 unspecified atom stereocenters. The van der Waals surface area contributed by atoms with E-state index in [-0.39, 0.29) is 17.8 Å². The van der Waals surface area contributed by atoms with Gasteiger partial charge in [0.25, 0.3) is 5.91 Å². The van der Waals surface area contributed by atoms with E-state index in [4.69, 9.17) is 0 Å². The van der Waals surface area contributed by atoms with Crippen molar-refractivity contribution < 1.29 is 9.18 Å². The summed E-state index contributed by atoms with van der Waals surface area (Å²) in [6, 6.07) is 16.3. The first-order valence-corrected chi connectivity index (χ1v) is 9.15. The van der Waals surface area contributed by atoms with E-state index in [0.29, 0.717) is 5.56 Å². The monoisotopic (exact) mass is 355 g/mol. The van der Waals surface area contributed by atoms with Gasteiger partial charge in [-0.2, -0.15) is 0 Å². The number of carbonyl (C=O) groups excluding carboxylic acids is 1. The number of halogens is 1. The standard InChI is InChI=1S/C21H26FN3O/c1-17(23-21(26)19-8-5-9-20(22)14-19)15-24-10-12-25(13-11-24)16-18-6-3-2-4-7-18/h2-9,14,17H,10-13,15-16H2,1H3,(H,23,26)/t17-/m0/s1. The van der Waals surface area contributed by atoms with Gasteiger partial charge in [0, 0.05) is 50.9 Å². The molecule has 3 rings (SSSR count). The molecule has 0 radical (unpaired) electrons. The molecular formula is C21H26FN3O. The van der Waals surface area contributed by atoms with Gasteiger partial charge in [0.05, 0.1) is 0 Å². The van der Waals surface area contributed by atoms with Crippen LogP contribution in [-0.4, -0.2) is 54.5 Å². The minimum Gasteiger partial charge on any atom is -0.348 e. The molecule has 1 amide bonds. The molecule has 4 nitrogen and oxygen atoms in total. The molecule has 0 aliphatic carbocycles. The van der Waals surface area contributed by atoms with Crippen molar-refractivity contribution in [3.63, 3.8) is 0 Å². The van der Waals surface area contributed by atoms with E-state index in [9.17, 15) is 9.18 Å². The van der Waals surface area contributed by atoms with Crippen molar-refractivity contribution in [2.24, 2.45) is 0 Å². The Morgan fingerprint density at radius 2 is 1.73 bits per heavy atom. The third-order valence-electron chi connectivity index (χ3n) is 4.71. The maximum absolute atomic E-state index is 13.2. The van der Waals surface area contributed by atoms with Crippen LogP contribution in [0.5, 0.6) is 0 Å². The normalized spacial score (nSPS) is 17.0. The number of nitrogens with one attached hydrogen (secondary N) is 1. The van der Waals surface area contributed by atoms with Crippen LogP contribution in [0.2, 0.25) is 0 Å². The number of carbonyl (C=O) groups is 1. The summed E-state index contributed by atoms with van der Waals surface area (Å²) in [5.74, 6) is -0.612. The fourth-order valence-electron chi connectivity index (χ4n) is 3.34. The van der Waals surface area contributed by atoms with Gasteiger partial charge < -0.3 is 5.32 Å². The minimum absolute atomic E-state index is 0.0199. The zero-order valence-corrected chi connectivity index (χ0v) is 15.2. The van der Waals surface area contributed by atoms with Crippen LogP contribution in [0.4, 0.5) is 4.39 Å². The lowest BCUT2D eigenvalue weighted by molar-refractivity contribution is 0.0900. The topological polar surface area (TPSA) is 35.6 Å². The maximum Gasteiger partial charge on any atom is 0.251 e. The van der Waals surface area contributed by atoms with Crippen molar-refractivity contribution in [3.8, 4) is 0 Å². The van der Waals surface area contributed by atoms with Gasteiger partial charge in [0.1, 0.15) is 5.82 Å². The molecule has 1 fully saturated rings. The number of amides is 1. The Morgan fingerprint density at radius 1 is 1.04 bits per heavy atom. The second-order valence-electron chi connectivity index (χ2n) is 6.95. The molecule has 0 aromatic heterocycles. The number of hydrogen-bond acceptors (Lipinski definition) is 3. The Hall–Kier alpha value is -2.24. The van der Waals surface area contributed by atoms with Gasteiger partial charge in [-0.05, 0) is 30.7 Å². The average Bonchev–Trinajstić information content (AvgIpc) is 2.64. The lowest BCUT2D eigenvalue weighted by Crippen LogP contribution is -2.50. The van der Waals surface area contributed by atoms with Crippen LogP contribution in [-0.2, 0) is 6.54 Å². The first-order valence-electron chi connectivity index (χ1n) is 9.15. The SMILES string of the molecule is C[C@@H](CN1CCN(Cc2ccccc2)CC1)NC(=O)c1cccc(F)c1. The summed E-state index contributed by atoms with van der Waals surface area (Å²) in [5.41, 5.74) is 1.71. The van der Waals surface area contributed by atoms with Crippen LogP contribution >= 0.6 is 0 Å². The first kappa shape index (κ1) is 18.5. The fraction of sp³-hybridized carbons (Fsp3) is 0.381. The number of nitrogens with zero attached hydrogens (tertiary/aromatic N) is 2. The molecule has 1 aliphatic heterocycles. The lowest BCUT2D eigenvalue weighted by atomic mass is 10.1. The molecule has 1 saturated heterocycles. The van der Waals surface area contributed by atoms with Crippen molar-refractivity contribution in [2.45, 2.75) is 19.5 Å². The van der Waals surface area contributed by atoms with Gasteiger partial charge in [-0.15, -0.1) is 0 Å². The van der Waals surface area contributed by atoms with Crippen LogP contribution in [0.3, 0.4) is 0 Å². The van der Waals surface area contributed by atoms with Crippen LogP contribution < -0.4 is 5.32 Å². The quantitative estimate of drug-likeness (QED) is 0.865. The van der Waals surface area contributed by atoms with E-state index in [2.05, 4.69) is 39.4 Å². The van der Waals surface area contributed by atoms with Gasteiger partial charge in [-0.25, -0.2) is 4.39 Å². The van der Waals surface area contributed by atoms with Crippen molar-refractivity contribution >= 4 is 5.91 Å². The summed E-state index contributed by atoms with van der Waals surface area (Å²) < 4.78 is 13.2. The van der Waals surface area contributed by atoms with Crippen LogP contribution in [0.1, 0.15) is 22.8 Å². The predicted octanol–water partition coefficient (Wildman–Crippen LogP) is 2.76. The van der Waals surface area contributed by atoms with Crippen molar-refractivity contribution in [3.05, 3.63) is 71.5 Å². The number of rotatable bonds is 6. The largest absolute Gasteiger partial charge is 0.348 e. The second kappa shape index (κ2) is 8.92. The zero-order valence-electron chi connectivity index (χ0n) is 15.2. The molecular weight excluding hydrogens is 329 g/mol. The molecule has 2 aromatic rings. The van der Waals surface area contributed by atoms with Gasteiger partial charge in [-0.1, -0.05) is 36.4 Å². The first-order chi connectivity index (χ1) is 12.6. The molecule has 0 saturated carbocycles. The summed E-state index contributed by atoms with van der Waals surface area (Å²) in [6.45, 7) is 7.83. The highest BCUT2D eigenvalue weighted by atomic mass is 19.1. The highest BCUT2D eigenvalue weighted by Crippen LogP contribution is 2.09. The average molecular weight is 355 g/mol. The van der Waals surface area contributed by atoms with E-state index in [1.165, 1.54) is 17.7 Å². The Morgan fingerprint density at radius 3 is 2.42 bits per heavy atom. The van der Waals surface area contributed by atoms with Crippen molar-refractivity contribution in [2.75, 3.05) is 32.7 Å². The Labute approximate surface area is 154 Å². The molecule has 0 bridgehead atoms. The molecule has 1 N–H and O–H groups in total. The van der Waals surface area contributed by atoms with Gasteiger partial charge in [0.15, 0.2) is 0 Å². The number of piperazine rings is 1. The summed E-state index contributed by atoms with van der Waals surface area (Å²) in [5, 5.41) is 2.96. The zero-order chi connectivity index (χ0) is 18.4. The van der Waals surface area contributed by atoms with Gasteiger partial charge in [0.2, 0.25) is 0 Å². The maximum atomic E-state index is 13.2. The summed E-state index contributed by atoms with van der Waals surface area (Å²) >= 11 is 0. The summed E-state index contributed by atoms with van der Waals surface area (Å²) in [6.07, 6.45) is 0. The molecule has 1 heterocycles. The fourth-order valence-corrected chi connectivity index (χ4v) is 3.34. The Bertz CT molecular complexity index is 714. The summed E-state index contributed by atoms with van der Waals surface area (Å²) in [4.78, 5) is 17.0. The van der Waals surface area contributed by atoms with Gasteiger partial charge in [-0.3, -0.25) is 14.6 Å². The third-order valence-corrected chi connectivity index (χ3v) is 4.71. The van der Waals surface area contributed by atoms with Crippen LogP contribution in [0.15, 0.2) is 54.6 Å². The minimum atomic E-state index is -0.389.